The highest BCUT2D eigenvalue weighted by Crippen LogP contribution is 2.06. The van der Waals surface area contributed by atoms with Gasteiger partial charge in [-0.05, 0) is 33.6 Å². The molecule has 6 nitrogen and oxygen atoms in total. The molecule has 0 saturated carbocycles. The third-order valence-electron chi connectivity index (χ3n) is 2.44. The first-order valence-electron chi connectivity index (χ1n) is 6.95. The van der Waals surface area contributed by atoms with Crippen LogP contribution in [-0.2, 0) is 9.47 Å². The number of carbonyl (C=O) groups is 1. The average Bonchev–Trinajstić information content (AvgIpc) is 2.32. The minimum Gasteiger partial charge on any atom is -0.444 e. The summed E-state index contributed by atoms with van der Waals surface area (Å²) in [6.45, 7) is 7.32. The number of carbonyl (C=O) groups excluding carboxylic acids is 1. The molecule has 0 fully saturated rings. The van der Waals surface area contributed by atoms with Gasteiger partial charge in [-0.25, -0.2) is 4.79 Å². The largest absolute Gasteiger partial charge is 0.444 e. The van der Waals surface area contributed by atoms with Crippen LogP contribution in [0.15, 0.2) is 0 Å². The van der Waals surface area contributed by atoms with Crippen molar-refractivity contribution in [2.24, 2.45) is 0 Å². The van der Waals surface area contributed by atoms with Gasteiger partial charge >= 0.3 is 6.09 Å². The van der Waals surface area contributed by atoms with E-state index in [1.165, 1.54) is 0 Å². The molecule has 0 bridgehead atoms. The Morgan fingerprint density at radius 3 is 2.60 bits per heavy atom. The summed E-state index contributed by atoms with van der Waals surface area (Å²) in [4.78, 5) is 11.4. The van der Waals surface area contributed by atoms with Crippen molar-refractivity contribution in [1.29, 1.82) is 5.26 Å². The molecular formula is C14H27N3O3. The molecule has 0 rings (SSSR count). The number of hydrogen-bond donors (Lipinski definition) is 2. The Bertz CT molecular complexity index is 308. The van der Waals surface area contributed by atoms with E-state index in [4.69, 9.17) is 14.7 Å². The van der Waals surface area contributed by atoms with Gasteiger partial charge in [-0.2, -0.15) is 5.26 Å². The van der Waals surface area contributed by atoms with E-state index in [1.807, 2.05) is 20.8 Å². The maximum absolute atomic E-state index is 11.4. The van der Waals surface area contributed by atoms with E-state index in [0.29, 0.717) is 26.1 Å². The minimum absolute atomic E-state index is 0.203. The van der Waals surface area contributed by atoms with Gasteiger partial charge in [-0.15, -0.1) is 0 Å². The van der Waals surface area contributed by atoms with Crippen molar-refractivity contribution < 1.29 is 14.3 Å². The molecule has 1 amide bonds. The topological polar surface area (TPSA) is 83.4 Å². The lowest BCUT2D eigenvalue weighted by Gasteiger charge is -2.20. The minimum atomic E-state index is -0.471. The summed E-state index contributed by atoms with van der Waals surface area (Å²) in [5.74, 6) is 0. The van der Waals surface area contributed by atoms with Crippen LogP contribution in [0.3, 0.4) is 0 Å². The van der Waals surface area contributed by atoms with E-state index >= 15 is 0 Å². The molecule has 116 valence electrons. The second-order valence-electron chi connectivity index (χ2n) is 5.59. The molecule has 1 atom stereocenters. The third kappa shape index (κ3) is 11.8. The number of methoxy groups -OCH3 is 1. The highest BCUT2D eigenvalue weighted by atomic mass is 16.6. The molecule has 1 unspecified atom stereocenters. The molecule has 0 aromatic carbocycles. The molecule has 0 heterocycles. The summed E-state index contributed by atoms with van der Waals surface area (Å²) >= 11 is 0. The van der Waals surface area contributed by atoms with Crippen LogP contribution in [0.4, 0.5) is 4.79 Å². The molecule has 0 aliphatic rings. The zero-order chi connectivity index (χ0) is 15.4. The number of ether oxygens (including phenoxy) is 2. The Labute approximate surface area is 121 Å². The highest BCUT2D eigenvalue weighted by Gasteiger charge is 2.15. The van der Waals surface area contributed by atoms with Crippen LogP contribution >= 0.6 is 0 Å². The maximum atomic E-state index is 11.4. The first-order chi connectivity index (χ1) is 9.39. The summed E-state index contributed by atoms with van der Waals surface area (Å²) in [6, 6.07) is 2.29. The zero-order valence-electron chi connectivity index (χ0n) is 13.0. The number of alkyl carbamates (subject to hydrolysis) is 1. The van der Waals surface area contributed by atoms with Gasteiger partial charge in [-0.1, -0.05) is 0 Å². The smallest absolute Gasteiger partial charge is 0.407 e. The van der Waals surface area contributed by atoms with Gasteiger partial charge in [0.1, 0.15) is 5.60 Å². The van der Waals surface area contributed by atoms with Crippen LogP contribution in [0.1, 0.15) is 40.0 Å². The predicted octanol–water partition coefficient (Wildman–Crippen LogP) is 1.81. The van der Waals surface area contributed by atoms with Gasteiger partial charge in [0.2, 0.25) is 0 Å². The normalized spacial score (nSPS) is 12.6. The van der Waals surface area contributed by atoms with Crippen LogP contribution in [0.5, 0.6) is 0 Å². The van der Waals surface area contributed by atoms with Gasteiger partial charge < -0.3 is 20.1 Å². The molecule has 0 aromatic heterocycles. The average molecular weight is 285 g/mol. The van der Waals surface area contributed by atoms with Crippen molar-refractivity contribution in [3.63, 3.8) is 0 Å². The Morgan fingerprint density at radius 2 is 2.05 bits per heavy atom. The fourth-order valence-corrected chi connectivity index (χ4v) is 1.63. The molecule has 0 spiro atoms. The van der Waals surface area contributed by atoms with E-state index in [-0.39, 0.29) is 6.04 Å². The van der Waals surface area contributed by atoms with E-state index in [1.54, 1.807) is 7.11 Å². The lowest BCUT2D eigenvalue weighted by atomic mass is 10.1. The molecule has 6 heteroatoms. The second-order valence-corrected chi connectivity index (χ2v) is 5.59. The number of nitrogens with one attached hydrogen (secondary N) is 2. The maximum Gasteiger partial charge on any atom is 0.407 e. The molecule has 0 saturated heterocycles. The summed E-state index contributed by atoms with van der Waals surface area (Å²) in [6.07, 6.45) is 1.79. The van der Waals surface area contributed by atoms with Gasteiger partial charge in [0, 0.05) is 32.7 Å². The standard InChI is InChI=1S/C14H27N3O3/c1-14(2,3)20-13(18)17-9-5-7-12(11-19-4)16-10-6-8-15/h12,16H,5-7,9-11H2,1-4H3,(H,17,18). The Kier molecular flexibility index (Phi) is 9.77. The lowest BCUT2D eigenvalue weighted by molar-refractivity contribution is 0.0526. The zero-order valence-corrected chi connectivity index (χ0v) is 13.0. The lowest BCUT2D eigenvalue weighted by Crippen LogP contribution is -2.36. The Balaban J connectivity index is 3.77. The Morgan fingerprint density at radius 1 is 1.35 bits per heavy atom. The summed E-state index contributed by atoms with van der Waals surface area (Å²) < 4.78 is 10.3. The van der Waals surface area contributed by atoms with Crippen LogP contribution in [-0.4, -0.2) is 44.5 Å². The van der Waals surface area contributed by atoms with Crippen LogP contribution in [0.2, 0.25) is 0 Å². The van der Waals surface area contributed by atoms with E-state index < -0.39 is 11.7 Å². The van der Waals surface area contributed by atoms with Crippen molar-refractivity contribution in [1.82, 2.24) is 10.6 Å². The number of rotatable bonds is 9. The molecule has 0 aromatic rings. The van der Waals surface area contributed by atoms with Crippen LogP contribution < -0.4 is 10.6 Å². The van der Waals surface area contributed by atoms with Crippen molar-refractivity contribution in [3.05, 3.63) is 0 Å². The predicted molar refractivity (Wildman–Crippen MR) is 77.4 cm³/mol. The fraction of sp³-hybridized carbons (Fsp3) is 0.857. The molecular weight excluding hydrogens is 258 g/mol. The first-order valence-corrected chi connectivity index (χ1v) is 6.95. The van der Waals surface area contributed by atoms with Gasteiger partial charge in [0.05, 0.1) is 12.7 Å². The molecule has 0 aliphatic carbocycles. The van der Waals surface area contributed by atoms with E-state index in [9.17, 15) is 4.79 Å². The number of nitriles is 1. The van der Waals surface area contributed by atoms with Crippen molar-refractivity contribution in [2.45, 2.75) is 51.7 Å². The number of hydrogen-bond acceptors (Lipinski definition) is 5. The summed E-state index contributed by atoms with van der Waals surface area (Å²) in [5.41, 5.74) is -0.471. The van der Waals surface area contributed by atoms with Gasteiger partial charge in [0.15, 0.2) is 0 Å². The summed E-state index contributed by atoms with van der Waals surface area (Å²) in [7, 11) is 1.65. The van der Waals surface area contributed by atoms with E-state index in [0.717, 1.165) is 12.8 Å². The molecule has 20 heavy (non-hydrogen) atoms. The van der Waals surface area contributed by atoms with Crippen LogP contribution in [0, 0.1) is 11.3 Å². The van der Waals surface area contributed by atoms with Gasteiger partial charge in [-0.3, -0.25) is 0 Å². The second kappa shape index (κ2) is 10.5. The first kappa shape index (κ1) is 18.7. The summed E-state index contributed by atoms with van der Waals surface area (Å²) in [5, 5.41) is 14.5. The quantitative estimate of drug-likeness (QED) is 0.631. The van der Waals surface area contributed by atoms with Crippen molar-refractivity contribution in [3.8, 4) is 6.07 Å². The van der Waals surface area contributed by atoms with Gasteiger partial charge in [0.25, 0.3) is 0 Å². The third-order valence-corrected chi connectivity index (χ3v) is 2.44. The number of amides is 1. The molecule has 0 radical (unpaired) electrons. The van der Waals surface area contributed by atoms with E-state index in [2.05, 4.69) is 16.7 Å². The number of nitrogens with zero attached hydrogens (tertiary/aromatic N) is 1. The molecule has 0 aliphatic heterocycles. The highest BCUT2D eigenvalue weighted by molar-refractivity contribution is 5.67. The van der Waals surface area contributed by atoms with Crippen LogP contribution in [0.25, 0.3) is 0 Å². The monoisotopic (exact) mass is 285 g/mol. The SMILES string of the molecule is COCC(CCCNC(=O)OC(C)(C)C)NCCC#N. The Hall–Kier alpha value is -1.32. The molecule has 2 N–H and O–H groups in total. The van der Waals surface area contributed by atoms with Crippen molar-refractivity contribution in [2.75, 3.05) is 26.8 Å². The fourth-order valence-electron chi connectivity index (χ4n) is 1.63. The van der Waals surface area contributed by atoms with Crippen molar-refractivity contribution >= 4 is 6.09 Å².